The van der Waals surface area contributed by atoms with Crippen LogP contribution in [0.25, 0.3) is 11.1 Å². The number of rotatable bonds is 6. The van der Waals surface area contributed by atoms with Gasteiger partial charge in [0.25, 0.3) is 5.91 Å². The van der Waals surface area contributed by atoms with Crippen LogP contribution in [0.15, 0.2) is 41.7 Å². The van der Waals surface area contributed by atoms with E-state index in [1.807, 2.05) is 4.90 Å². The van der Waals surface area contributed by atoms with E-state index < -0.39 is 5.91 Å². The van der Waals surface area contributed by atoms with Crippen molar-refractivity contribution in [3.05, 3.63) is 47.9 Å². The van der Waals surface area contributed by atoms with Crippen LogP contribution >= 0.6 is 0 Å². The molecule has 0 aromatic carbocycles. The smallest absolute Gasteiger partial charge is 0.267 e. The highest BCUT2D eigenvalue weighted by atomic mass is 16.5. The van der Waals surface area contributed by atoms with Gasteiger partial charge in [-0.1, -0.05) is 6.07 Å². The number of hydrogen-bond acceptors (Lipinski definition) is 8. The third-order valence-corrected chi connectivity index (χ3v) is 4.34. The molecule has 10 nitrogen and oxygen atoms in total. The molecule has 29 heavy (non-hydrogen) atoms. The van der Waals surface area contributed by atoms with Gasteiger partial charge in [0.1, 0.15) is 17.3 Å². The number of anilines is 1. The van der Waals surface area contributed by atoms with Gasteiger partial charge in [0, 0.05) is 42.2 Å². The first-order chi connectivity index (χ1) is 14.0. The maximum absolute atomic E-state index is 11.9. The normalized spacial score (nSPS) is 14.9. The number of morpholine rings is 1. The molecule has 0 radical (unpaired) electrons. The van der Waals surface area contributed by atoms with Crippen molar-refractivity contribution < 1.29 is 9.53 Å². The summed E-state index contributed by atoms with van der Waals surface area (Å²) in [4.78, 5) is 27.0. The number of aromatic nitrogens is 2. The Morgan fingerprint density at radius 2 is 2.03 bits per heavy atom. The highest BCUT2D eigenvalue weighted by molar-refractivity contribution is 6.03. The molecule has 1 amide bonds. The number of amides is 1. The van der Waals surface area contributed by atoms with Crippen LogP contribution in [-0.2, 0) is 4.74 Å². The second-order valence-electron chi connectivity index (χ2n) is 6.17. The average molecular weight is 394 g/mol. The predicted molar refractivity (Wildman–Crippen MR) is 112 cm³/mol. The number of hydrogen-bond donors (Lipinski definition) is 4. The SMILES string of the molecule is N=Cc1c(-c2cccnc2C(N)=O)cc(N2CCOCC2)nc1/N=C(N)\C=C/N. The van der Waals surface area contributed by atoms with E-state index in [1.54, 1.807) is 18.2 Å². The van der Waals surface area contributed by atoms with Crippen LogP contribution in [0.5, 0.6) is 0 Å². The summed E-state index contributed by atoms with van der Waals surface area (Å²) in [5.41, 5.74) is 18.3. The topological polar surface area (TPSA) is 170 Å². The zero-order valence-electron chi connectivity index (χ0n) is 15.7. The number of carbonyl (C=O) groups is 1. The molecule has 1 fully saturated rings. The molecular formula is C19H22N8O2. The Hall–Kier alpha value is -3.79. The van der Waals surface area contributed by atoms with Crippen molar-refractivity contribution in [3.63, 3.8) is 0 Å². The fourth-order valence-corrected chi connectivity index (χ4v) is 3.01. The van der Waals surface area contributed by atoms with Gasteiger partial charge in [-0.05, 0) is 24.4 Å². The average Bonchev–Trinajstić information content (AvgIpc) is 2.74. The summed E-state index contributed by atoms with van der Waals surface area (Å²) in [5, 5.41) is 7.93. The molecule has 1 aliphatic heterocycles. The maximum Gasteiger partial charge on any atom is 0.267 e. The van der Waals surface area contributed by atoms with Crippen LogP contribution in [-0.4, -0.2) is 54.2 Å². The monoisotopic (exact) mass is 394 g/mol. The van der Waals surface area contributed by atoms with E-state index in [2.05, 4.69) is 15.0 Å². The van der Waals surface area contributed by atoms with Crippen molar-refractivity contribution in [3.8, 4) is 11.1 Å². The second kappa shape index (κ2) is 8.93. The Morgan fingerprint density at radius 1 is 1.28 bits per heavy atom. The van der Waals surface area contributed by atoms with Crippen LogP contribution in [0.3, 0.4) is 0 Å². The van der Waals surface area contributed by atoms with Crippen LogP contribution in [0.2, 0.25) is 0 Å². The number of amidine groups is 1. The molecule has 1 saturated heterocycles. The first kappa shape index (κ1) is 20.0. The Morgan fingerprint density at radius 3 is 2.69 bits per heavy atom. The minimum Gasteiger partial charge on any atom is -0.404 e. The molecule has 2 aromatic heterocycles. The van der Waals surface area contributed by atoms with E-state index in [0.717, 1.165) is 6.21 Å². The lowest BCUT2D eigenvalue weighted by molar-refractivity contribution is 0.0996. The van der Waals surface area contributed by atoms with Gasteiger partial charge in [0.05, 0.1) is 13.2 Å². The summed E-state index contributed by atoms with van der Waals surface area (Å²) in [6, 6.07) is 5.21. The van der Waals surface area contributed by atoms with Gasteiger partial charge in [-0.2, -0.15) is 0 Å². The van der Waals surface area contributed by atoms with Crippen molar-refractivity contribution in [2.45, 2.75) is 0 Å². The number of nitrogens with zero attached hydrogens (tertiary/aromatic N) is 4. The van der Waals surface area contributed by atoms with Crippen molar-refractivity contribution in [2.75, 3.05) is 31.2 Å². The van der Waals surface area contributed by atoms with Gasteiger partial charge in [-0.15, -0.1) is 0 Å². The molecule has 7 N–H and O–H groups in total. The Balaban J connectivity index is 2.27. The van der Waals surface area contributed by atoms with E-state index in [4.69, 9.17) is 27.3 Å². The number of aliphatic imine (C=N–C) groups is 1. The Labute approximate surface area is 167 Å². The van der Waals surface area contributed by atoms with Crippen molar-refractivity contribution in [1.82, 2.24) is 9.97 Å². The number of primary amides is 1. The molecule has 3 heterocycles. The van der Waals surface area contributed by atoms with Crippen LogP contribution < -0.4 is 22.1 Å². The highest BCUT2D eigenvalue weighted by Gasteiger charge is 2.21. The first-order valence-corrected chi connectivity index (χ1v) is 8.91. The molecule has 150 valence electrons. The molecular weight excluding hydrogens is 372 g/mol. The molecule has 0 unspecified atom stereocenters. The van der Waals surface area contributed by atoms with Gasteiger partial charge in [0.15, 0.2) is 5.82 Å². The maximum atomic E-state index is 11.9. The standard InChI is InChI=1S/C19H22N8O2/c20-4-3-15(22)25-19-14(11-21)13(12-2-1-5-24-17(12)18(23)28)10-16(26-19)27-6-8-29-9-7-27/h1-5,10-11,21H,6-9,20H2,(H2,23,28)(H2,22,25,26)/b4-3-,21-11?. The minimum atomic E-state index is -0.670. The summed E-state index contributed by atoms with van der Waals surface area (Å²) in [6.45, 7) is 2.43. The van der Waals surface area contributed by atoms with Crippen LogP contribution in [0.1, 0.15) is 16.1 Å². The highest BCUT2D eigenvalue weighted by Crippen LogP contribution is 2.34. The van der Waals surface area contributed by atoms with E-state index in [9.17, 15) is 4.79 Å². The molecule has 1 aliphatic rings. The number of carbonyl (C=O) groups excluding carboxylic acids is 1. The van der Waals surface area contributed by atoms with E-state index in [0.29, 0.717) is 48.8 Å². The third kappa shape index (κ3) is 4.38. The zero-order valence-corrected chi connectivity index (χ0v) is 15.7. The first-order valence-electron chi connectivity index (χ1n) is 8.91. The molecule has 0 spiro atoms. The fraction of sp³-hybridized carbons (Fsp3) is 0.211. The van der Waals surface area contributed by atoms with Gasteiger partial charge < -0.3 is 32.2 Å². The van der Waals surface area contributed by atoms with E-state index in [-0.39, 0.29) is 17.3 Å². The zero-order chi connectivity index (χ0) is 20.8. The predicted octanol–water partition coefficient (Wildman–Crippen LogP) is 0.538. The van der Waals surface area contributed by atoms with E-state index in [1.165, 1.54) is 18.5 Å². The summed E-state index contributed by atoms with van der Waals surface area (Å²) < 4.78 is 5.41. The summed E-state index contributed by atoms with van der Waals surface area (Å²) in [5.74, 6) is 0.316. The molecule has 3 rings (SSSR count). The van der Waals surface area contributed by atoms with Crippen LogP contribution in [0.4, 0.5) is 11.6 Å². The van der Waals surface area contributed by atoms with Crippen molar-refractivity contribution >= 4 is 29.6 Å². The minimum absolute atomic E-state index is 0.0967. The molecule has 0 bridgehead atoms. The Kier molecular flexibility index (Phi) is 6.15. The van der Waals surface area contributed by atoms with Crippen molar-refractivity contribution in [1.29, 1.82) is 5.41 Å². The number of nitrogens with two attached hydrogens (primary N) is 3. The summed E-state index contributed by atoms with van der Waals surface area (Å²) in [7, 11) is 0. The molecule has 0 atom stereocenters. The third-order valence-electron chi connectivity index (χ3n) is 4.34. The van der Waals surface area contributed by atoms with Gasteiger partial charge in [-0.3, -0.25) is 9.78 Å². The largest absolute Gasteiger partial charge is 0.404 e. The number of pyridine rings is 2. The lowest BCUT2D eigenvalue weighted by Crippen LogP contribution is -2.36. The molecule has 2 aromatic rings. The van der Waals surface area contributed by atoms with Crippen LogP contribution in [0, 0.1) is 5.41 Å². The quantitative estimate of drug-likeness (QED) is 0.409. The molecule has 0 saturated carbocycles. The second-order valence-corrected chi connectivity index (χ2v) is 6.17. The number of nitrogens with one attached hydrogen (secondary N) is 1. The summed E-state index contributed by atoms with van der Waals surface area (Å²) in [6.07, 6.45) is 5.29. The van der Waals surface area contributed by atoms with Gasteiger partial charge >= 0.3 is 0 Å². The lowest BCUT2D eigenvalue weighted by Gasteiger charge is -2.28. The molecule has 10 heteroatoms. The molecule has 0 aliphatic carbocycles. The lowest BCUT2D eigenvalue weighted by atomic mass is 9.99. The van der Waals surface area contributed by atoms with Crippen molar-refractivity contribution in [2.24, 2.45) is 22.2 Å². The van der Waals surface area contributed by atoms with Gasteiger partial charge in [0.2, 0.25) is 0 Å². The number of ether oxygens (including phenoxy) is 1. The fourth-order valence-electron chi connectivity index (χ4n) is 3.01. The summed E-state index contributed by atoms with van der Waals surface area (Å²) >= 11 is 0. The Bertz CT molecular complexity index is 980. The van der Waals surface area contributed by atoms with E-state index >= 15 is 0 Å². The van der Waals surface area contributed by atoms with Gasteiger partial charge in [-0.25, -0.2) is 9.98 Å².